The summed E-state index contributed by atoms with van der Waals surface area (Å²) in [5, 5.41) is 0. The highest BCUT2D eigenvalue weighted by Crippen LogP contribution is 2.32. The Labute approximate surface area is 91.5 Å². The number of hydrogen-bond donors (Lipinski definition) is 0. The second-order valence-electron chi connectivity index (χ2n) is 4.38. The van der Waals surface area contributed by atoms with Gasteiger partial charge in [0.2, 0.25) is 0 Å². The van der Waals surface area contributed by atoms with Crippen molar-refractivity contribution < 1.29 is 4.79 Å². The van der Waals surface area contributed by atoms with E-state index < -0.39 is 0 Å². The molecule has 0 N–H and O–H groups in total. The fraction of sp³-hybridized carbons (Fsp3) is 0.500. The third-order valence-corrected chi connectivity index (χ3v) is 3.36. The van der Waals surface area contributed by atoms with Gasteiger partial charge in [-0.2, -0.15) is 0 Å². The highest BCUT2D eigenvalue weighted by Gasteiger charge is 2.22. The number of carbonyl (C=O) groups excluding carboxylic acids is 1. The van der Waals surface area contributed by atoms with Gasteiger partial charge in [-0.05, 0) is 36.3 Å². The quantitative estimate of drug-likeness (QED) is 0.717. The zero-order valence-electron chi connectivity index (χ0n) is 9.33. The first kappa shape index (κ1) is 10.4. The van der Waals surface area contributed by atoms with E-state index >= 15 is 0 Å². The monoisotopic (exact) mass is 202 g/mol. The van der Waals surface area contributed by atoms with Crippen molar-refractivity contribution in [3.63, 3.8) is 0 Å². The second-order valence-corrected chi connectivity index (χ2v) is 4.38. The van der Waals surface area contributed by atoms with Crippen LogP contribution >= 0.6 is 0 Å². The van der Waals surface area contributed by atoms with Crippen molar-refractivity contribution in [2.75, 3.05) is 0 Å². The SMILES string of the molecule is CCc1ccccc1[C@H]1CCCC(=O)C1. The average molecular weight is 202 g/mol. The maximum atomic E-state index is 11.4. The van der Waals surface area contributed by atoms with Gasteiger partial charge in [-0.3, -0.25) is 4.79 Å². The smallest absolute Gasteiger partial charge is 0.133 e. The van der Waals surface area contributed by atoms with E-state index in [4.69, 9.17) is 0 Å². The van der Waals surface area contributed by atoms with Crippen LogP contribution in [0.25, 0.3) is 0 Å². The first-order chi connectivity index (χ1) is 7.31. The molecule has 0 heterocycles. The zero-order valence-corrected chi connectivity index (χ0v) is 9.33. The minimum absolute atomic E-state index is 0.442. The van der Waals surface area contributed by atoms with Crippen LogP contribution in [0.1, 0.15) is 49.7 Å². The summed E-state index contributed by atoms with van der Waals surface area (Å²) < 4.78 is 0. The summed E-state index contributed by atoms with van der Waals surface area (Å²) in [4.78, 5) is 11.4. The van der Waals surface area contributed by atoms with Crippen molar-refractivity contribution in [3.05, 3.63) is 35.4 Å². The molecule has 0 amide bonds. The Kier molecular flexibility index (Phi) is 3.20. The molecule has 1 aromatic rings. The van der Waals surface area contributed by atoms with E-state index in [0.29, 0.717) is 11.7 Å². The molecule has 0 radical (unpaired) electrons. The lowest BCUT2D eigenvalue weighted by Gasteiger charge is -2.23. The van der Waals surface area contributed by atoms with Crippen LogP contribution in [0.2, 0.25) is 0 Å². The van der Waals surface area contributed by atoms with Crippen molar-refractivity contribution in [1.29, 1.82) is 0 Å². The molecular weight excluding hydrogens is 184 g/mol. The molecule has 0 unspecified atom stereocenters. The van der Waals surface area contributed by atoms with Gasteiger partial charge in [-0.15, -0.1) is 0 Å². The maximum Gasteiger partial charge on any atom is 0.133 e. The van der Waals surface area contributed by atoms with Crippen LogP contribution in [-0.4, -0.2) is 5.78 Å². The van der Waals surface area contributed by atoms with Crippen LogP contribution in [0, 0.1) is 0 Å². The molecule has 1 fully saturated rings. The maximum absolute atomic E-state index is 11.4. The van der Waals surface area contributed by atoms with Crippen LogP contribution < -0.4 is 0 Å². The van der Waals surface area contributed by atoms with Crippen LogP contribution in [0.5, 0.6) is 0 Å². The summed E-state index contributed by atoms with van der Waals surface area (Å²) in [5.74, 6) is 0.930. The van der Waals surface area contributed by atoms with Gasteiger partial charge in [0.1, 0.15) is 5.78 Å². The number of benzene rings is 1. The van der Waals surface area contributed by atoms with E-state index in [2.05, 4.69) is 31.2 Å². The summed E-state index contributed by atoms with van der Waals surface area (Å²) >= 11 is 0. The summed E-state index contributed by atoms with van der Waals surface area (Å²) in [6, 6.07) is 8.57. The number of hydrogen-bond acceptors (Lipinski definition) is 1. The molecule has 0 bridgehead atoms. The van der Waals surface area contributed by atoms with Crippen molar-refractivity contribution in [2.24, 2.45) is 0 Å². The molecular formula is C14H18O. The molecule has 1 atom stereocenters. The molecule has 1 aromatic carbocycles. The predicted octanol–water partition coefficient (Wildman–Crippen LogP) is 3.48. The Hall–Kier alpha value is -1.11. The molecule has 1 saturated carbocycles. The third kappa shape index (κ3) is 2.28. The lowest BCUT2D eigenvalue weighted by molar-refractivity contribution is -0.120. The van der Waals surface area contributed by atoms with Crippen molar-refractivity contribution in [2.45, 2.75) is 44.9 Å². The molecule has 15 heavy (non-hydrogen) atoms. The Balaban J connectivity index is 2.24. The van der Waals surface area contributed by atoms with Gasteiger partial charge in [-0.25, -0.2) is 0 Å². The molecule has 1 aliphatic carbocycles. The van der Waals surface area contributed by atoms with Gasteiger partial charge < -0.3 is 0 Å². The molecule has 0 aromatic heterocycles. The number of Topliss-reactive ketones (excluding diaryl/α,β-unsaturated/α-hetero) is 1. The van der Waals surface area contributed by atoms with E-state index in [9.17, 15) is 4.79 Å². The lowest BCUT2D eigenvalue weighted by atomic mass is 9.81. The molecule has 1 aliphatic rings. The van der Waals surface area contributed by atoms with Gasteiger partial charge in [0, 0.05) is 12.8 Å². The minimum Gasteiger partial charge on any atom is -0.300 e. The number of carbonyl (C=O) groups is 1. The Morgan fingerprint density at radius 2 is 2.13 bits per heavy atom. The largest absolute Gasteiger partial charge is 0.300 e. The Morgan fingerprint density at radius 3 is 2.87 bits per heavy atom. The van der Waals surface area contributed by atoms with Gasteiger partial charge in [0.15, 0.2) is 0 Å². The molecule has 80 valence electrons. The lowest BCUT2D eigenvalue weighted by Crippen LogP contribution is -2.14. The molecule has 1 heteroatoms. The standard InChI is InChI=1S/C14H18O/c1-2-11-6-3-4-9-14(11)12-7-5-8-13(15)10-12/h3-4,6,9,12H,2,5,7-8,10H2,1H3/t12-/m0/s1. The summed E-state index contributed by atoms with van der Waals surface area (Å²) in [5.41, 5.74) is 2.82. The Bertz CT molecular complexity index is 354. The average Bonchev–Trinajstić information content (AvgIpc) is 2.29. The molecule has 2 rings (SSSR count). The Morgan fingerprint density at radius 1 is 1.33 bits per heavy atom. The summed E-state index contributed by atoms with van der Waals surface area (Å²) in [7, 11) is 0. The summed E-state index contributed by atoms with van der Waals surface area (Å²) in [6.45, 7) is 2.18. The van der Waals surface area contributed by atoms with Gasteiger partial charge in [0.25, 0.3) is 0 Å². The van der Waals surface area contributed by atoms with E-state index in [1.165, 1.54) is 17.5 Å². The number of rotatable bonds is 2. The van der Waals surface area contributed by atoms with E-state index in [1.54, 1.807) is 0 Å². The van der Waals surface area contributed by atoms with Crippen molar-refractivity contribution in [1.82, 2.24) is 0 Å². The molecule has 0 aliphatic heterocycles. The van der Waals surface area contributed by atoms with Crippen molar-refractivity contribution >= 4 is 5.78 Å². The van der Waals surface area contributed by atoms with Crippen LogP contribution in [-0.2, 0) is 11.2 Å². The van der Waals surface area contributed by atoms with Crippen LogP contribution in [0.3, 0.4) is 0 Å². The van der Waals surface area contributed by atoms with Gasteiger partial charge in [-0.1, -0.05) is 31.2 Å². The number of aryl methyl sites for hydroxylation is 1. The van der Waals surface area contributed by atoms with E-state index in [1.807, 2.05) is 0 Å². The predicted molar refractivity (Wildman–Crippen MR) is 62.0 cm³/mol. The van der Waals surface area contributed by atoms with Gasteiger partial charge >= 0.3 is 0 Å². The highest BCUT2D eigenvalue weighted by molar-refractivity contribution is 5.80. The van der Waals surface area contributed by atoms with E-state index in [0.717, 1.165) is 25.7 Å². The van der Waals surface area contributed by atoms with Gasteiger partial charge in [0.05, 0.1) is 0 Å². The molecule has 1 nitrogen and oxygen atoms in total. The summed E-state index contributed by atoms with van der Waals surface area (Å²) in [6.07, 6.45) is 4.88. The number of ketones is 1. The normalized spacial score (nSPS) is 21.7. The highest BCUT2D eigenvalue weighted by atomic mass is 16.1. The first-order valence-electron chi connectivity index (χ1n) is 5.90. The minimum atomic E-state index is 0.442. The second kappa shape index (κ2) is 4.61. The van der Waals surface area contributed by atoms with Crippen molar-refractivity contribution in [3.8, 4) is 0 Å². The third-order valence-electron chi connectivity index (χ3n) is 3.36. The van der Waals surface area contributed by atoms with Crippen LogP contribution in [0.15, 0.2) is 24.3 Å². The van der Waals surface area contributed by atoms with E-state index in [-0.39, 0.29) is 0 Å². The molecule has 0 spiro atoms. The first-order valence-corrected chi connectivity index (χ1v) is 5.90. The topological polar surface area (TPSA) is 17.1 Å². The fourth-order valence-electron chi connectivity index (χ4n) is 2.54. The zero-order chi connectivity index (χ0) is 10.7. The van der Waals surface area contributed by atoms with Crippen LogP contribution in [0.4, 0.5) is 0 Å². The molecule has 0 saturated heterocycles. The fourth-order valence-corrected chi connectivity index (χ4v) is 2.54.